The molecule has 0 amide bonds. The van der Waals surface area contributed by atoms with Crippen molar-refractivity contribution in [2.75, 3.05) is 6.61 Å². The first-order chi connectivity index (χ1) is 12.6. The van der Waals surface area contributed by atoms with E-state index in [1.54, 1.807) is 13.1 Å². The highest BCUT2D eigenvalue weighted by atomic mass is 35.5. The van der Waals surface area contributed by atoms with Crippen LogP contribution >= 0.6 is 11.6 Å². The molecule has 0 saturated carbocycles. The van der Waals surface area contributed by atoms with E-state index in [1.165, 1.54) is 6.08 Å². The van der Waals surface area contributed by atoms with Crippen molar-refractivity contribution in [2.24, 2.45) is 0 Å². The molecule has 130 valence electrons. The lowest BCUT2D eigenvalue weighted by molar-refractivity contribution is -0.137. The van der Waals surface area contributed by atoms with Crippen molar-refractivity contribution < 1.29 is 9.53 Å². The lowest BCUT2D eigenvalue weighted by atomic mass is 10.1. The number of pyridine rings is 1. The van der Waals surface area contributed by atoms with Crippen LogP contribution in [0.3, 0.4) is 0 Å². The molecule has 0 bridgehead atoms. The molecule has 26 heavy (non-hydrogen) atoms. The monoisotopic (exact) mass is 365 g/mol. The summed E-state index contributed by atoms with van der Waals surface area (Å²) in [6.45, 7) is 2.48. The first-order valence-corrected chi connectivity index (χ1v) is 8.47. The van der Waals surface area contributed by atoms with E-state index in [-0.39, 0.29) is 12.2 Å². The van der Waals surface area contributed by atoms with Gasteiger partial charge in [0.25, 0.3) is 0 Å². The minimum Gasteiger partial charge on any atom is -0.462 e. The number of hydrogen-bond acceptors (Lipinski definition) is 4. The lowest BCUT2D eigenvalue weighted by Crippen LogP contribution is -2.05. The number of hydrogen-bond donors (Lipinski definition) is 0. The highest BCUT2D eigenvalue weighted by molar-refractivity contribution is 6.31. The molecule has 2 heterocycles. The highest BCUT2D eigenvalue weighted by Crippen LogP contribution is 2.27. The maximum Gasteiger partial charge on any atom is 0.348 e. The number of nitrogens with zero attached hydrogens (tertiary/aromatic N) is 3. The number of nitriles is 1. The smallest absolute Gasteiger partial charge is 0.348 e. The van der Waals surface area contributed by atoms with E-state index in [4.69, 9.17) is 16.3 Å². The van der Waals surface area contributed by atoms with Gasteiger partial charge in [0.05, 0.1) is 18.8 Å². The first kappa shape index (κ1) is 17.7. The van der Waals surface area contributed by atoms with Gasteiger partial charge in [-0.25, -0.2) is 4.79 Å². The van der Waals surface area contributed by atoms with Gasteiger partial charge < -0.3 is 9.30 Å². The second-order valence-corrected chi connectivity index (χ2v) is 6.02. The van der Waals surface area contributed by atoms with Crippen molar-refractivity contribution in [1.82, 2.24) is 9.55 Å². The lowest BCUT2D eigenvalue weighted by Gasteiger charge is -2.04. The van der Waals surface area contributed by atoms with Crippen LogP contribution in [0.25, 0.3) is 17.0 Å². The third kappa shape index (κ3) is 3.76. The van der Waals surface area contributed by atoms with Gasteiger partial charge in [0, 0.05) is 33.9 Å². The molecule has 0 atom stereocenters. The Balaban J connectivity index is 2.09. The third-order valence-electron chi connectivity index (χ3n) is 3.85. The fraction of sp³-hybridized carbons (Fsp3) is 0.150. The van der Waals surface area contributed by atoms with Crippen molar-refractivity contribution in [3.8, 4) is 6.07 Å². The van der Waals surface area contributed by atoms with Crippen LogP contribution in [0.5, 0.6) is 0 Å². The summed E-state index contributed by atoms with van der Waals surface area (Å²) in [5.41, 5.74) is 2.51. The molecular formula is C20H16ClN3O2. The van der Waals surface area contributed by atoms with Crippen molar-refractivity contribution >= 4 is 34.5 Å². The molecule has 0 aliphatic heterocycles. The number of fused-ring (bicyclic) bond motifs is 1. The van der Waals surface area contributed by atoms with Crippen molar-refractivity contribution in [2.45, 2.75) is 13.5 Å². The summed E-state index contributed by atoms with van der Waals surface area (Å²) in [6.07, 6.45) is 5.16. The molecular weight excluding hydrogens is 350 g/mol. The standard InChI is InChI=1S/C20H16ClN3O2/c1-2-26-20(25)14(11-22)9-15-12-24(13-17-5-3-4-8-23-17)19-7-6-16(21)10-18(15)19/h3-10,12H,2,13H2,1H3/b14-9+. The number of ether oxygens (including phenoxy) is 1. The van der Waals surface area contributed by atoms with E-state index in [9.17, 15) is 10.1 Å². The van der Waals surface area contributed by atoms with Crippen LogP contribution in [0.4, 0.5) is 0 Å². The van der Waals surface area contributed by atoms with Gasteiger partial charge in [0.1, 0.15) is 11.6 Å². The number of rotatable bonds is 5. The molecule has 0 unspecified atom stereocenters. The zero-order chi connectivity index (χ0) is 18.5. The highest BCUT2D eigenvalue weighted by Gasteiger charge is 2.14. The van der Waals surface area contributed by atoms with Crippen molar-refractivity contribution in [3.05, 3.63) is 70.6 Å². The molecule has 0 spiro atoms. The van der Waals surface area contributed by atoms with Crippen LogP contribution in [-0.2, 0) is 16.1 Å². The Morgan fingerprint density at radius 2 is 2.23 bits per heavy atom. The minimum absolute atomic E-state index is 0.0521. The molecule has 2 aromatic heterocycles. The predicted molar refractivity (Wildman–Crippen MR) is 101 cm³/mol. The molecule has 0 radical (unpaired) electrons. The second kappa shape index (κ2) is 7.85. The quantitative estimate of drug-likeness (QED) is 0.386. The average molecular weight is 366 g/mol. The van der Waals surface area contributed by atoms with Crippen molar-refractivity contribution in [3.63, 3.8) is 0 Å². The molecule has 0 aliphatic rings. The van der Waals surface area contributed by atoms with E-state index in [2.05, 4.69) is 4.98 Å². The minimum atomic E-state index is -0.636. The van der Waals surface area contributed by atoms with Gasteiger partial charge in [-0.2, -0.15) is 5.26 Å². The van der Waals surface area contributed by atoms with Gasteiger partial charge >= 0.3 is 5.97 Å². The Morgan fingerprint density at radius 1 is 1.38 bits per heavy atom. The second-order valence-electron chi connectivity index (χ2n) is 5.59. The SMILES string of the molecule is CCOC(=O)/C(C#N)=C/c1cn(Cc2ccccn2)c2ccc(Cl)cc12. The van der Waals surface area contributed by atoms with Gasteiger partial charge in [-0.15, -0.1) is 0 Å². The van der Waals surface area contributed by atoms with Gasteiger partial charge in [0.15, 0.2) is 0 Å². The molecule has 0 fully saturated rings. The van der Waals surface area contributed by atoms with E-state index in [1.807, 2.05) is 53.2 Å². The van der Waals surface area contributed by atoms with Crippen molar-refractivity contribution in [1.29, 1.82) is 5.26 Å². The predicted octanol–water partition coefficient (Wildman–Crippen LogP) is 4.21. The van der Waals surface area contributed by atoms with Gasteiger partial charge in [0.2, 0.25) is 0 Å². The average Bonchev–Trinajstić information content (AvgIpc) is 2.97. The Kier molecular flexibility index (Phi) is 5.35. The number of esters is 1. The Hall–Kier alpha value is -3.10. The van der Waals surface area contributed by atoms with Gasteiger partial charge in [-0.05, 0) is 43.3 Å². The summed E-state index contributed by atoms with van der Waals surface area (Å²) in [5.74, 6) is -0.636. The number of benzene rings is 1. The van der Waals surface area contributed by atoms with Crippen LogP contribution in [0, 0.1) is 11.3 Å². The third-order valence-corrected chi connectivity index (χ3v) is 4.08. The summed E-state index contributed by atoms with van der Waals surface area (Å²) in [5, 5.41) is 10.7. The van der Waals surface area contributed by atoms with Crippen LogP contribution in [0.15, 0.2) is 54.4 Å². The Labute approximate surface area is 156 Å². The summed E-state index contributed by atoms with van der Waals surface area (Å²) in [6, 6.07) is 13.2. The fourth-order valence-corrected chi connectivity index (χ4v) is 2.88. The van der Waals surface area contributed by atoms with E-state index in [0.29, 0.717) is 11.6 Å². The Morgan fingerprint density at radius 3 is 2.92 bits per heavy atom. The summed E-state index contributed by atoms with van der Waals surface area (Å²) in [7, 11) is 0. The topological polar surface area (TPSA) is 67.9 Å². The first-order valence-electron chi connectivity index (χ1n) is 8.09. The molecule has 5 nitrogen and oxygen atoms in total. The summed E-state index contributed by atoms with van der Waals surface area (Å²) in [4.78, 5) is 16.3. The number of halogens is 1. The zero-order valence-electron chi connectivity index (χ0n) is 14.1. The van der Waals surface area contributed by atoms with E-state index < -0.39 is 5.97 Å². The van der Waals surface area contributed by atoms with Crippen LogP contribution in [-0.4, -0.2) is 22.1 Å². The molecule has 0 aliphatic carbocycles. The molecule has 3 rings (SSSR count). The zero-order valence-corrected chi connectivity index (χ0v) is 14.9. The maximum atomic E-state index is 11.9. The van der Waals surface area contributed by atoms with Crippen LogP contribution < -0.4 is 0 Å². The molecule has 1 aromatic carbocycles. The summed E-state index contributed by atoms with van der Waals surface area (Å²) < 4.78 is 6.95. The maximum absolute atomic E-state index is 11.9. The largest absolute Gasteiger partial charge is 0.462 e. The number of carbonyl (C=O) groups is 1. The molecule has 6 heteroatoms. The van der Waals surface area contributed by atoms with Gasteiger partial charge in [-0.1, -0.05) is 17.7 Å². The molecule has 3 aromatic rings. The summed E-state index contributed by atoms with van der Waals surface area (Å²) >= 11 is 6.14. The van der Waals surface area contributed by atoms with E-state index >= 15 is 0 Å². The Bertz CT molecular complexity index is 1020. The molecule has 0 saturated heterocycles. The number of aromatic nitrogens is 2. The molecule has 0 N–H and O–H groups in total. The van der Waals surface area contributed by atoms with Crippen LogP contribution in [0.1, 0.15) is 18.2 Å². The normalized spacial score (nSPS) is 11.3. The fourth-order valence-electron chi connectivity index (χ4n) is 2.71. The van der Waals surface area contributed by atoms with Gasteiger partial charge in [-0.3, -0.25) is 4.98 Å². The van der Waals surface area contributed by atoms with E-state index in [0.717, 1.165) is 22.2 Å². The van der Waals surface area contributed by atoms with Crippen LogP contribution in [0.2, 0.25) is 5.02 Å². The number of carbonyl (C=O) groups excluding carboxylic acids is 1.